The quantitative estimate of drug-likeness (QED) is 0.418. The molecule has 1 aromatic carbocycles. The Morgan fingerprint density at radius 2 is 1.68 bits per heavy atom. The van der Waals surface area contributed by atoms with Crippen LogP contribution in [0.4, 0.5) is 0 Å². The molecule has 4 rings (SSSR count). The van der Waals surface area contributed by atoms with Crippen molar-refractivity contribution in [3.63, 3.8) is 0 Å². The number of benzene rings is 1. The van der Waals surface area contributed by atoms with Crippen molar-refractivity contribution >= 4 is 20.2 Å². The fourth-order valence-corrected chi connectivity index (χ4v) is 4.62. The van der Waals surface area contributed by atoms with Crippen molar-refractivity contribution in [1.82, 2.24) is 9.55 Å². The average molecular weight is 517 g/mol. The summed E-state index contributed by atoms with van der Waals surface area (Å²) in [5, 5.41) is 0. The Hall–Kier alpha value is -2.36. The van der Waals surface area contributed by atoms with Crippen LogP contribution in [0.1, 0.15) is 17.4 Å². The first-order chi connectivity index (χ1) is 15.9. The third-order valence-electron chi connectivity index (χ3n) is 5.36. The van der Waals surface area contributed by atoms with Gasteiger partial charge in [0.05, 0.1) is 19.1 Å². The summed E-state index contributed by atoms with van der Waals surface area (Å²) in [7, 11) is -7.86. The molecule has 1 fully saturated rings. The first-order valence-corrected chi connectivity index (χ1v) is 13.8. The maximum atomic E-state index is 12.0. The third kappa shape index (κ3) is 5.31. The molecule has 14 heteroatoms. The third-order valence-corrected chi connectivity index (χ3v) is 6.46. The average Bonchev–Trinajstić information content (AvgIpc) is 3.23. The van der Waals surface area contributed by atoms with Gasteiger partial charge in [-0.05, 0) is 12.5 Å². The van der Waals surface area contributed by atoms with Gasteiger partial charge in [0, 0.05) is 11.8 Å². The molecule has 2 aliphatic heterocycles. The van der Waals surface area contributed by atoms with Crippen molar-refractivity contribution in [2.45, 2.75) is 37.6 Å². The first-order valence-electron chi connectivity index (χ1n) is 10.2. The maximum absolute atomic E-state index is 12.0. The molecule has 0 radical (unpaired) electrons. The molecule has 3 atom stereocenters. The normalized spacial score (nSPS) is 23.3. The molecule has 1 saturated heterocycles. The summed E-state index contributed by atoms with van der Waals surface area (Å²) in [4.78, 5) is 15.9. The van der Waals surface area contributed by atoms with Gasteiger partial charge in [-0.15, -0.1) is 0 Å². The molecular weight excluding hydrogens is 492 g/mol. The molecule has 0 aliphatic carbocycles. The fraction of sp³-hybridized carbons (Fsp3) is 0.500. The predicted octanol–water partition coefficient (Wildman–Crippen LogP) is 0.118. The number of hydrogen-bond acceptors (Lipinski definition) is 11. The Kier molecular flexibility index (Phi) is 6.56. The Labute approximate surface area is 196 Å². The molecule has 12 nitrogen and oxygen atoms in total. The summed E-state index contributed by atoms with van der Waals surface area (Å²) in [5.41, 5.74) is -1.03. The van der Waals surface area contributed by atoms with Gasteiger partial charge in [0.1, 0.15) is 19.3 Å². The van der Waals surface area contributed by atoms with E-state index in [4.69, 9.17) is 22.6 Å². The Balaban J connectivity index is 1.73. The lowest BCUT2D eigenvalue weighted by molar-refractivity contribution is -0.156. The Bertz CT molecular complexity index is 1290. The maximum Gasteiger partial charge on any atom is 0.302 e. The van der Waals surface area contributed by atoms with Crippen molar-refractivity contribution in [3.8, 4) is 6.01 Å². The number of rotatable bonds is 9. The molecule has 2 aliphatic rings. The number of nitrogens with zero attached hydrogens (tertiary/aromatic N) is 2. The van der Waals surface area contributed by atoms with Gasteiger partial charge in [0.25, 0.3) is 25.8 Å². The summed E-state index contributed by atoms with van der Waals surface area (Å²) in [6, 6.07) is 9.12. The van der Waals surface area contributed by atoms with Crippen LogP contribution in [0.15, 0.2) is 41.3 Å². The highest BCUT2D eigenvalue weighted by Crippen LogP contribution is 2.46. The van der Waals surface area contributed by atoms with E-state index in [9.17, 15) is 21.6 Å². The van der Waals surface area contributed by atoms with E-state index in [2.05, 4.69) is 4.98 Å². The highest BCUT2D eigenvalue weighted by atomic mass is 32.2. The monoisotopic (exact) mass is 516 g/mol. The zero-order chi connectivity index (χ0) is 24.7. The van der Waals surface area contributed by atoms with E-state index in [1.165, 1.54) is 10.8 Å². The molecule has 0 unspecified atom stereocenters. The lowest BCUT2D eigenvalue weighted by Crippen LogP contribution is -2.53. The predicted molar refractivity (Wildman–Crippen MR) is 117 cm³/mol. The number of hydrogen-bond donors (Lipinski definition) is 0. The highest BCUT2D eigenvalue weighted by molar-refractivity contribution is 7.86. The number of aromatic nitrogens is 2. The van der Waals surface area contributed by atoms with Crippen LogP contribution in [0, 0.1) is 6.92 Å². The molecule has 186 valence electrons. The van der Waals surface area contributed by atoms with Crippen LogP contribution >= 0.6 is 0 Å². The van der Waals surface area contributed by atoms with Gasteiger partial charge in [-0.1, -0.05) is 30.3 Å². The van der Waals surface area contributed by atoms with E-state index in [1.807, 2.05) is 30.3 Å². The molecule has 34 heavy (non-hydrogen) atoms. The van der Waals surface area contributed by atoms with E-state index in [1.54, 1.807) is 6.92 Å². The van der Waals surface area contributed by atoms with Crippen molar-refractivity contribution < 1.29 is 39.4 Å². The molecule has 0 bridgehead atoms. The number of fused-ring (bicyclic) bond motifs is 3. The minimum atomic E-state index is -3.93. The molecule has 1 aromatic heterocycles. The summed E-state index contributed by atoms with van der Waals surface area (Å²) < 4.78 is 76.8. The molecule has 0 N–H and O–H groups in total. The summed E-state index contributed by atoms with van der Waals surface area (Å²) >= 11 is 0. The Morgan fingerprint density at radius 1 is 1.06 bits per heavy atom. The lowest BCUT2D eigenvalue weighted by Gasteiger charge is -2.34. The van der Waals surface area contributed by atoms with Crippen LogP contribution in [0.3, 0.4) is 0 Å². The molecular formula is C20H24N2O10S2. The van der Waals surface area contributed by atoms with Crippen LogP contribution in [0.5, 0.6) is 6.01 Å². The lowest BCUT2D eigenvalue weighted by atomic mass is 9.96. The van der Waals surface area contributed by atoms with Crippen molar-refractivity contribution in [3.05, 3.63) is 58.0 Å². The zero-order valence-corrected chi connectivity index (χ0v) is 20.2. The highest BCUT2D eigenvalue weighted by Gasteiger charge is 2.62. The molecule has 0 amide bonds. The van der Waals surface area contributed by atoms with E-state index >= 15 is 0 Å². The molecule has 0 saturated carbocycles. The van der Waals surface area contributed by atoms with Gasteiger partial charge in [0.2, 0.25) is 0 Å². The smallest absolute Gasteiger partial charge is 0.302 e. The molecule has 3 heterocycles. The second-order valence-electron chi connectivity index (χ2n) is 8.22. The minimum absolute atomic E-state index is 0.000531. The standard InChI is InChI=1S/C20H24N2O10S2/c1-13-9-22-18-15(31-19(22)21-17(13)23)16(28-10-14-7-5-4-6-8-14)20(32-18,11-29-33(2,24)25)12-30-34(3,26)27/h4-9,15-16,18H,10-12H2,1-3H3/t15-,16+,18+/m0/s1. The van der Waals surface area contributed by atoms with E-state index in [0.717, 1.165) is 18.1 Å². The summed E-state index contributed by atoms with van der Waals surface area (Å²) in [6.45, 7) is 0.445. The zero-order valence-electron chi connectivity index (χ0n) is 18.6. The second kappa shape index (κ2) is 9.02. The van der Waals surface area contributed by atoms with E-state index in [-0.39, 0.29) is 12.6 Å². The second-order valence-corrected chi connectivity index (χ2v) is 11.5. The van der Waals surface area contributed by atoms with Crippen LogP contribution in [0.25, 0.3) is 0 Å². The Morgan fingerprint density at radius 3 is 2.26 bits per heavy atom. The molecule has 0 spiro atoms. The summed E-state index contributed by atoms with van der Waals surface area (Å²) in [6.07, 6.45) is 0.347. The summed E-state index contributed by atoms with van der Waals surface area (Å²) in [5.74, 6) is 0. The fourth-order valence-electron chi connectivity index (χ4n) is 3.80. The van der Waals surface area contributed by atoms with E-state index < -0.39 is 63.0 Å². The first kappa shape index (κ1) is 24.8. The van der Waals surface area contributed by atoms with Crippen LogP contribution in [0.2, 0.25) is 0 Å². The van der Waals surface area contributed by atoms with Gasteiger partial charge < -0.3 is 14.2 Å². The van der Waals surface area contributed by atoms with Crippen molar-refractivity contribution in [2.24, 2.45) is 0 Å². The van der Waals surface area contributed by atoms with Gasteiger partial charge >= 0.3 is 6.01 Å². The van der Waals surface area contributed by atoms with Crippen LogP contribution in [-0.4, -0.2) is 69.9 Å². The van der Waals surface area contributed by atoms with Crippen molar-refractivity contribution in [2.75, 3.05) is 25.7 Å². The van der Waals surface area contributed by atoms with Crippen LogP contribution in [-0.2, 0) is 44.7 Å². The topological polar surface area (TPSA) is 149 Å². The van der Waals surface area contributed by atoms with Gasteiger partial charge in [-0.25, -0.2) is 0 Å². The van der Waals surface area contributed by atoms with E-state index in [0.29, 0.717) is 5.56 Å². The molecule has 2 aromatic rings. The van der Waals surface area contributed by atoms with Gasteiger partial charge in [0.15, 0.2) is 17.9 Å². The minimum Gasteiger partial charge on any atom is -0.453 e. The van der Waals surface area contributed by atoms with Crippen LogP contribution < -0.4 is 10.3 Å². The largest absolute Gasteiger partial charge is 0.453 e. The SMILES string of the molecule is Cc1cn2c(nc1=O)O[C@@H]1[C@H]2OC(COS(C)(=O)=O)(COS(C)(=O)=O)[C@@H]1OCc1ccccc1. The van der Waals surface area contributed by atoms with Gasteiger partial charge in [-0.2, -0.15) is 21.8 Å². The van der Waals surface area contributed by atoms with Gasteiger partial charge in [-0.3, -0.25) is 17.7 Å². The number of ether oxygens (including phenoxy) is 3. The number of aryl methyl sites for hydroxylation is 1. The van der Waals surface area contributed by atoms with Crippen molar-refractivity contribution in [1.29, 1.82) is 0 Å².